The van der Waals surface area contributed by atoms with Crippen molar-refractivity contribution in [1.82, 2.24) is 0 Å². The molecule has 0 saturated carbocycles. The number of nitrogens with zero attached hydrogens (tertiary/aromatic N) is 1. The van der Waals surface area contributed by atoms with Crippen molar-refractivity contribution < 1.29 is 9.18 Å². The molecule has 0 saturated heterocycles. The lowest BCUT2D eigenvalue weighted by molar-refractivity contribution is -0.112. The van der Waals surface area contributed by atoms with Gasteiger partial charge in [-0.15, -0.1) is 0 Å². The molecule has 3 nitrogen and oxygen atoms in total. The molecule has 0 aliphatic carbocycles. The second-order valence-corrected chi connectivity index (χ2v) is 5.55. The number of anilines is 1. The highest BCUT2D eigenvalue weighted by Crippen LogP contribution is 2.30. The molecule has 0 bridgehead atoms. The number of benzene rings is 2. The van der Waals surface area contributed by atoms with Crippen LogP contribution in [0.2, 0.25) is 15.1 Å². The number of carbonyl (C=O) groups excluding carboxylic acids is 1. The first-order chi connectivity index (χ1) is 10.9. The highest BCUT2D eigenvalue weighted by atomic mass is 35.5. The molecule has 0 heterocycles. The van der Waals surface area contributed by atoms with E-state index in [2.05, 4.69) is 5.32 Å². The average molecular weight is 370 g/mol. The van der Waals surface area contributed by atoms with E-state index in [9.17, 15) is 9.18 Å². The van der Waals surface area contributed by atoms with Crippen LogP contribution in [0.3, 0.4) is 0 Å². The molecule has 0 aliphatic heterocycles. The first-order valence-corrected chi connectivity index (χ1v) is 7.38. The van der Waals surface area contributed by atoms with Gasteiger partial charge in [-0.25, -0.2) is 4.39 Å². The average Bonchev–Trinajstić information content (AvgIpc) is 2.51. The number of halogens is 4. The number of nitrogens with one attached hydrogen (secondary N) is 1. The molecule has 0 aliphatic rings. The van der Waals surface area contributed by atoms with Crippen molar-refractivity contribution in [3.8, 4) is 6.07 Å². The number of amides is 1. The van der Waals surface area contributed by atoms with Crippen molar-refractivity contribution in [1.29, 1.82) is 5.26 Å². The lowest BCUT2D eigenvalue weighted by atomic mass is 10.1. The molecule has 0 spiro atoms. The van der Waals surface area contributed by atoms with Crippen molar-refractivity contribution >= 4 is 52.5 Å². The van der Waals surface area contributed by atoms with Gasteiger partial charge in [0, 0.05) is 5.56 Å². The summed E-state index contributed by atoms with van der Waals surface area (Å²) >= 11 is 17.7. The van der Waals surface area contributed by atoms with Crippen molar-refractivity contribution in [2.75, 3.05) is 5.32 Å². The Morgan fingerprint density at radius 3 is 2.43 bits per heavy atom. The molecule has 7 heteroatoms. The second kappa shape index (κ2) is 7.47. The fraction of sp³-hybridized carbons (Fsp3) is 0. The summed E-state index contributed by atoms with van der Waals surface area (Å²) in [6, 6.07) is 10.4. The predicted molar refractivity (Wildman–Crippen MR) is 90.1 cm³/mol. The normalized spacial score (nSPS) is 11.0. The van der Waals surface area contributed by atoms with Crippen LogP contribution >= 0.6 is 34.8 Å². The lowest BCUT2D eigenvalue weighted by Gasteiger charge is -2.08. The molecule has 0 aromatic heterocycles. The van der Waals surface area contributed by atoms with Gasteiger partial charge in [-0.2, -0.15) is 5.26 Å². The van der Waals surface area contributed by atoms with Crippen LogP contribution in [0.5, 0.6) is 0 Å². The maximum Gasteiger partial charge on any atom is 0.266 e. The van der Waals surface area contributed by atoms with Gasteiger partial charge in [0.1, 0.15) is 17.5 Å². The Labute approximate surface area is 146 Å². The predicted octanol–water partition coefficient (Wildman–Crippen LogP) is 5.33. The van der Waals surface area contributed by atoms with Gasteiger partial charge in [0.2, 0.25) is 0 Å². The summed E-state index contributed by atoms with van der Waals surface area (Å²) < 4.78 is 13.7. The summed E-state index contributed by atoms with van der Waals surface area (Å²) in [6.45, 7) is 0. The Morgan fingerprint density at radius 1 is 1.13 bits per heavy atom. The third kappa shape index (κ3) is 4.02. The van der Waals surface area contributed by atoms with E-state index in [1.54, 1.807) is 18.2 Å². The zero-order valence-corrected chi connectivity index (χ0v) is 13.7. The maximum atomic E-state index is 13.7. The van der Waals surface area contributed by atoms with Gasteiger partial charge >= 0.3 is 0 Å². The zero-order valence-electron chi connectivity index (χ0n) is 11.4. The van der Waals surface area contributed by atoms with E-state index in [0.29, 0.717) is 0 Å². The van der Waals surface area contributed by atoms with E-state index in [4.69, 9.17) is 40.1 Å². The fourth-order valence-corrected chi connectivity index (χ4v) is 2.30. The molecule has 23 heavy (non-hydrogen) atoms. The van der Waals surface area contributed by atoms with Crippen LogP contribution in [-0.2, 0) is 4.79 Å². The maximum absolute atomic E-state index is 13.7. The van der Waals surface area contributed by atoms with Crippen LogP contribution in [0, 0.1) is 17.1 Å². The van der Waals surface area contributed by atoms with Gasteiger partial charge in [0.05, 0.1) is 20.8 Å². The first kappa shape index (κ1) is 17.3. The number of hydrogen-bond acceptors (Lipinski definition) is 2. The standard InChI is InChI=1S/C16H8Cl3FN2O/c17-11-3-1-5-13(20)10(11)7-9(8-21)16(23)22-14-6-2-4-12(18)15(14)19/h1-7H,(H,22,23)/b9-7-. The molecule has 0 unspecified atom stereocenters. The minimum absolute atomic E-state index is 0.0435. The molecule has 2 aromatic carbocycles. The molecule has 2 aromatic rings. The number of nitriles is 1. The summed E-state index contributed by atoms with van der Waals surface area (Å²) in [4.78, 5) is 12.2. The zero-order chi connectivity index (χ0) is 17.0. The van der Waals surface area contributed by atoms with Crippen LogP contribution in [0.4, 0.5) is 10.1 Å². The second-order valence-electron chi connectivity index (χ2n) is 4.36. The van der Waals surface area contributed by atoms with E-state index >= 15 is 0 Å². The van der Waals surface area contributed by atoms with Crippen LogP contribution in [-0.4, -0.2) is 5.91 Å². The molecule has 0 radical (unpaired) electrons. The van der Waals surface area contributed by atoms with Crippen LogP contribution in [0.25, 0.3) is 6.08 Å². The number of carbonyl (C=O) groups is 1. The topological polar surface area (TPSA) is 52.9 Å². The van der Waals surface area contributed by atoms with Crippen LogP contribution in [0.1, 0.15) is 5.56 Å². The van der Waals surface area contributed by atoms with E-state index in [1.165, 1.54) is 24.3 Å². The van der Waals surface area contributed by atoms with E-state index < -0.39 is 11.7 Å². The van der Waals surface area contributed by atoms with E-state index in [0.717, 1.165) is 6.08 Å². The van der Waals surface area contributed by atoms with E-state index in [-0.39, 0.29) is 31.9 Å². The minimum Gasteiger partial charge on any atom is -0.320 e. The summed E-state index contributed by atoms with van der Waals surface area (Å²) in [5.41, 5.74) is -0.129. The van der Waals surface area contributed by atoms with Crippen molar-refractivity contribution in [3.63, 3.8) is 0 Å². The van der Waals surface area contributed by atoms with E-state index in [1.807, 2.05) is 0 Å². The molecule has 0 atom stereocenters. The van der Waals surface area contributed by atoms with Gasteiger partial charge < -0.3 is 5.32 Å². The summed E-state index contributed by atoms with van der Waals surface area (Å²) in [5.74, 6) is -1.39. The van der Waals surface area contributed by atoms with Gasteiger partial charge in [-0.1, -0.05) is 46.9 Å². The van der Waals surface area contributed by atoms with Gasteiger partial charge in [-0.3, -0.25) is 4.79 Å². The monoisotopic (exact) mass is 368 g/mol. The minimum atomic E-state index is -0.754. The third-order valence-corrected chi connectivity index (χ3v) is 4.00. The van der Waals surface area contributed by atoms with Crippen molar-refractivity contribution in [3.05, 3.63) is 68.4 Å². The Morgan fingerprint density at radius 2 is 1.78 bits per heavy atom. The third-order valence-electron chi connectivity index (χ3n) is 2.85. The summed E-state index contributed by atoms with van der Waals surface area (Å²) in [6.07, 6.45) is 1.07. The Balaban J connectivity index is 2.35. The fourth-order valence-electron chi connectivity index (χ4n) is 1.73. The molecule has 2 rings (SSSR count). The molecule has 1 amide bonds. The number of hydrogen-bond donors (Lipinski definition) is 1. The SMILES string of the molecule is N#C/C(=C/c1c(F)cccc1Cl)C(=O)Nc1cccc(Cl)c1Cl. The molecule has 0 fully saturated rings. The lowest BCUT2D eigenvalue weighted by Crippen LogP contribution is -2.14. The highest BCUT2D eigenvalue weighted by molar-refractivity contribution is 6.44. The van der Waals surface area contributed by atoms with Crippen LogP contribution < -0.4 is 5.32 Å². The largest absolute Gasteiger partial charge is 0.320 e. The molecular formula is C16H8Cl3FN2O. The van der Waals surface area contributed by atoms with Gasteiger partial charge in [-0.05, 0) is 30.3 Å². The highest BCUT2D eigenvalue weighted by Gasteiger charge is 2.14. The number of rotatable bonds is 3. The summed E-state index contributed by atoms with van der Waals surface area (Å²) in [7, 11) is 0. The Bertz CT molecular complexity index is 823. The van der Waals surface area contributed by atoms with Crippen molar-refractivity contribution in [2.24, 2.45) is 0 Å². The van der Waals surface area contributed by atoms with Crippen molar-refractivity contribution in [2.45, 2.75) is 0 Å². The van der Waals surface area contributed by atoms with Gasteiger partial charge in [0.15, 0.2) is 0 Å². The Kier molecular flexibility index (Phi) is 5.62. The van der Waals surface area contributed by atoms with Gasteiger partial charge in [0.25, 0.3) is 5.91 Å². The molecular weight excluding hydrogens is 362 g/mol. The first-order valence-electron chi connectivity index (χ1n) is 6.25. The summed E-state index contributed by atoms with van der Waals surface area (Å²) in [5, 5.41) is 12.1. The quantitative estimate of drug-likeness (QED) is 0.587. The smallest absolute Gasteiger partial charge is 0.266 e. The van der Waals surface area contributed by atoms with Crippen LogP contribution in [0.15, 0.2) is 42.0 Å². The Hall–Kier alpha value is -2.06. The molecule has 1 N–H and O–H groups in total. The molecule has 116 valence electrons.